The largest absolute Gasteiger partial charge is 0.296 e. The Balaban J connectivity index is 1.97. The molecule has 19 heavy (non-hydrogen) atoms. The Kier molecular flexibility index (Phi) is 4.46. The molecular formula is C16H25NOS. The Morgan fingerprint density at radius 1 is 1.32 bits per heavy atom. The number of aryl methyl sites for hydroxylation is 2. The summed E-state index contributed by atoms with van der Waals surface area (Å²) in [6.45, 7) is 11.5. The molecule has 0 amide bonds. The molecule has 0 N–H and O–H groups in total. The van der Waals surface area contributed by atoms with Gasteiger partial charge in [-0.1, -0.05) is 13.8 Å². The van der Waals surface area contributed by atoms with Crippen LogP contribution >= 0.6 is 11.3 Å². The third kappa shape index (κ3) is 3.90. The third-order valence-electron chi connectivity index (χ3n) is 4.14. The SMILES string of the molecule is Cc1cc(C(=O)CN2CCCC(C)(C)CC2)c(C)s1. The molecule has 1 saturated heterocycles. The molecule has 1 aromatic heterocycles. The van der Waals surface area contributed by atoms with Gasteiger partial charge in [-0.15, -0.1) is 11.3 Å². The Hall–Kier alpha value is -0.670. The van der Waals surface area contributed by atoms with Crippen molar-refractivity contribution >= 4 is 17.1 Å². The van der Waals surface area contributed by atoms with E-state index >= 15 is 0 Å². The Bertz CT molecular complexity index is 461. The lowest BCUT2D eigenvalue weighted by atomic mass is 9.85. The van der Waals surface area contributed by atoms with Crippen molar-refractivity contribution in [2.24, 2.45) is 5.41 Å². The lowest BCUT2D eigenvalue weighted by Gasteiger charge is -2.22. The molecule has 1 aliphatic rings. The van der Waals surface area contributed by atoms with Gasteiger partial charge in [-0.05, 0) is 57.7 Å². The van der Waals surface area contributed by atoms with Crippen molar-refractivity contribution in [2.75, 3.05) is 19.6 Å². The van der Waals surface area contributed by atoms with Gasteiger partial charge >= 0.3 is 0 Å². The van der Waals surface area contributed by atoms with Crippen molar-refractivity contribution < 1.29 is 4.79 Å². The monoisotopic (exact) mass is 279 g/mol. The van der Waals surface area contributed by atoms with E-state index in [0.717, 1.165) is 23.5 Å². The minimum absolute atomic E-state index is 0.293. The van der Waals surface area contributed by atoms with Crippen LogP contribution in [0.25, 0.3) is 0 Å². The molecule has 1 fully saturated rings. The first kappa shape index (κ1) is 14.7. The van der Waals surface area contributed by atoms with Gasteiger partial charge in [-0.25, -0.2) is 0 Å². The first-order valence-electron chi connectivity index (χ1n) is 7.20. The maximum absolute atomic E-state index is 12.4. The van der Waals surface area contributed by atoms with Gasteiger partial charge in [0.05, 0.1) is 6.54 Å². The van der Waals surface area contributed by atoms with Crippen molar-refractivity contribution in [3.8, 4) is 0 Å². The molecule has 2 nitrogen and oxygen atoms in total. The Morgan fingerprint density at radius 3 is 2.68 bits per heavy atom. The highest BCUT2D eigenvalue weighted by molar-refractivity contribution is 7.12. The normalized spacial score (nSPS) is 20.2. The fraction of sp³-hybridized carbons (Fsp3) is 0.688. The van der Waals surface area contributed by atoms with E-state index in [1.807, 2.05) is 6.07 Å². The van der Waals surface area contributed by atoms with Crippen molar-refractivity contribution in [3.05, 3.63) is 21.4 Å². The van der Waals surface area contributed by atoms with E-state index in [2.05, 4.69) is 32.6 Å². The molecule has 0 aromatic carbocycles. The Labute approximate surface area is 120 Å². The first-order chi connectivity index (χ1) is 8.87. The molecular weight excluding hydrogens is 254 g/mol. The summed E-state index contributed by atoms with van der Waals surface area (Å²) in [6.07, 6.45) is 3.68. The van der Waals surface area contributed by atoms with E-state index < -0.39 is 0 Å². The smallest absolute Gasteiger partial charge is 0.177 e. The van der Waals surface area contributed by atoms with Gasteiger partial charge in [0.2, 0.25) is 0 Å². The highest BCUT2D eigenvalue weighted by Crippen LogP contribution is 2.30. The van der Waals surface area contributed by atoms with E-state index in [9.17, 15) is 4.79 Å². The standard InChI is InChI=1S/C16H25NOS/c1-12-10-14(13(2)19-12)15(18)11-17-8-5-6-16(3,4)7-9-17/h10H,5-9,11H2,1-4H3. The van der Waals surface area contributed by atoms with Crippen LogP contribution in [0.4, 0.5) is 0 Å². The summed E-state index contributed by atoms with van der Waals surface area (Å²) < 4.78 is 0. The second-order valence-electron chi connectivity index (χ2n) is 6.54. The number of carbonyl (C=O) groups excluding carboxylic acids is 1. The summed E-state index contributed by atoms with van der Waals surface area (Å²) in [6, 6.07) is 2.05. The molecule has 0 radical (unpaired) electrons. The van der Waals surface area contributed by atoms with E-state index in [4.69, 9.17) is 0 Å². The predicted octanol–water partition coefficient (Wildman–Crippen LogP) is 4.06. The molecule has 0 atom stereocenters. The average molecular weight is 279 g/mol. The molecule has 0 bridgehead atoms. The zero-order chi connectivity index (χ0) is 14.0. The van der Waals surface area contributed by atoms with Gasteiger partial charge in [0, 0.05) is 15.3 Å². The summed E-state index contributed by atoms with van der Waals surface area (Å²) in [5.74, 6) is 0.293. The molecule has 106 valence electrons. The van der Waals surface area contributed by atoms with Gasteiger partial charge in [-0.3, -0.25) is 9.69 Å². The molecule has 0 saturated carbocycles. The average Bonchev–Trinajstić information content (AvgIpc) is 2.55. The summed E-state index contributed by atoms with van der Waals surface area (Å²) in [5, 5.41) is 0. The maximum atomic E-state index is 12.4. The molecule has 3 heteroatoms. The second-order valence-corrected chi connectivity index (χ2v) is 8.00. The number of nitrogens with zero attached hydrogens (tertiary/aromatic N) is 1. The van der Waals surface area contributed by atoms with Crippen molar-refractivity contribution in [1.82, 2.24) is 4.90 Å². The fourth-order valence-corrected chi connectivity index (χ4v) is 3.78. The van der Waals surface area contributed by atoms with E-state index in [1.54, 1.807) is 11.3 Å². The van der Waals surface area contributed by atoms with Crippen molar-refractivity contribution in [3.63, 3.8) is 0 Å². The van der Waals surface area contributed by atoms with Crippen LogP contribution in [-0.4, -0.2) is 30.3 Å². The maximum Gasteiger partial charge on any atom is 0.177 e. The zero-order valence-electron chi connectivity index (χ0n) is 12.6. The van der Waals surface area contributed by atoms with Gasteiger partial charge in [0.25, 0.3) is 0 Å². The van der Waals surface area contributed by atoms with Crippen LogP contribution in [0.2, 0.25) is 0 Å². The number of hydrogen-bond acceptors (Lipinski definition) is 3. The lowest BCUT2D eigenvalue weighted by molar-refractivity contribution is 0.0930. The molecule has 1 aromatic rings. The van der Waals surface area contributed by atoms with Crippen LogP contribution in [0.15, 0.2) is 6.07 Å². The number of rotatable bonds is 3. The molecule has 0 unspecified atom stereocenters. The number of likely N-dealkylation sites (tertiary alicyclic amines) is 1. The van der Waals surface area contributed by atoms with E-state index in [0.29, 0.717) is 17.7 Å². The highest BCUT2D eigenvalue weighted by Gasteiger charge is 2.24. The van der Waals surface area contributed by atoms with Crippen LogP contribution < -0.4 is 0 Å². The van der Waals surface area contributed by atoms with Crippen molar-refractivity contribution in [1.29, 1.82) is 0 Å². The zero-order valence-corrected chi connectivity index (χ0v) is 13.4. The number of Topliss-reactive ketones (excluding diaryl/α,β-unsaturated/α-hetero) is 1. The lowest BCUT2D eigenvalue weighted by Crippen LogP contribution is -2.31. The number of hydrogen-bond donors (Lipinski definition) is 0. The number of ketones is 1. The van der Waals surface area contributed by atoms with Gasteiger partial charge in [0.1, 0.15) is 0 Å². The topological polar surface area (TPSA) is 20.3 Å². The highest BCUT2D eigenvalue weighted by atomic mass is 32.1. The van der Waals surface area contributed by atoms with Crippen molar-refractivity contribution in [2.45, 2.75) is 47.0 Å². The summed E-state index contributed by atoms with van der Waals surface area (Å²) in [7, 11) is 0. The molecule has 1 aliphatic heterocycles. The van der Waals surface area contributed by atoms with Crippen LogP contribution in [0, 0.1) is 19.3 Å². The fourth-order valence-electron chi connectivity index (χ4n) is 2.83. The number of thiophene rings is 1. The van der Waals surface area contributed by atoms with Crippen LogP contribution in [-0.2, 0) is 0 Å². The van der Waals surface area contributed by atoms with Crippen LogP contribution in [0.1, 0.15) is 53.2 Å². The second kappa shape index (κ2) is 5.76. The van der Waals surface area contributed by atoms with E-state index in [1.165, 1.54) is 24.1 Å². The molecule has 0 spiro atoms. The third-order valence-corrected chi connectivity index (χ3v) is 5.11. The number of carbonyl (C=O) groups is 1. The summed E-state index contributed by atoms with van der Waals surface area (Å²) in [5.41, 5.74) is 1.37. The van der Waals surface area contributed by atoms with Crippen LogP contribution in [0.3, 0.4) is 0 Å². The quantitative estimate of drug-likeness (QED) is 0.778. The molecule has 0 aliphatic carbocycles. The van der Waals surface area contributed by atoms with Crippen LogP contribution in [0.5, 0.6) is 0 Å². The minimum Gasteiger partial charge on any atom is -0.296 e. The summed E-state index contributed by atoms with van der Waals surface area (Å²) in [4.78, 5) is 17.1. The Morgan fingerprint density at radius 2 is 2.05 bits per heavy atom. The van der Waals surface area contributed by atoms with Gasteiger partial charge in [0.15, 0.2) is 5.78 Å². The first-order valence-corrected chi connectivity index (χ1v) is 8.02. The molecule has 2 heterocycles. The summed E-state index contributed by atoms with van der Waals surface area (Å²) >= 11 is 1.72. The van der Waals surface area contributed by atoms with Gasteiger partial charge < -0.3 is 0 Å². The van der Waals surface area contributed by atoms with E-state index in [-0.39, 0.29) is 0 Å². The molecule has 2 rings (SSSR count). The minimum atomic E-state index is 0.293. The predicted molar refractivity (Wildman–Crippen MR) is 82.2 cm³/mol. The van der Waals surface area contributed by atoms with Gasteiger partial charge in [-0.2, -0.15) is 0 Å².